The molecule has 1 aromatic heterocycles. The number of aliphatic hydroxyl groups excluding tert-OH is 1. The van der Waals surface area contributed by atoms with Crippen molar-refractivity contribution in [1.29, 1.82) is 0 Å². The fraction of sp³-hybridized carbons (Fsp3) is 0.462. The first-order valence-corrected chi connectivity index (χ1v) is 11.6. The zero-order chi connectivity index (χ0) is 22.1. The quantitative estimate of drug-likeness (QED) is 0.580. The lowest BCUT2D eigenvalue weighted by molar-refractivity contribution is -0.0494. The molecular weight excluding hydrogens is 402 g/mol. The highest BCUT2D eigenvalue weighted by atomic mass is 16.6. The molecule has 0 amide bonds. The molecule has 2 N–H and O–H groups in total. The van der Waals surface area contributed by atoms with Crippen LogP contribution in [0, 0.1) is 6.92 Å². The Hall–Kier alpha value is -2.54. The summed E-state index contributed by atoms with van der Waals surface area (Å²) in [6, 6.07) is 11.8. The molecule has 1 aliphatic carbocycles. The predicted molar refractivity (Wildman–Crippen MR) is 124 cm³/mol. The average Bonchev–Trinajstić information content (AvgIpc) is 3.32. The minimum absolute atomic E-state index is 0.539. The largest absolute Gasteiger partial charge is 0.465 e. The molecule has 6 heteroatoms. The van der Waals surface area contributed by atoms with Gasteiger partial charge in [0.2, 0.25) is 0 Å². The number of nitrogens with zero attached hydrogens (tertiary/aromatic N) is 3. The Bertz CT molecular complexity index is 1110. The fourth-order valence-corrected chi connectivity index (χ4v) is 5.05. The number of benzene rings is 2. The van der Waals surface area contributed by atoms with Gasteiger partial charge in [-0.25, -0.2) is 4.98 Å². The summed E-state index contributed by atoms with van der Waals surface area (Å²) >= 11 is 0. The van der Waals surface area contributed by atoms with E-state index in [2.05, 4.69) is 27.9 Å². The van der Waals surface area contributed by atoms with Gasteiger partial charge in [0.15, 0.2) is 6.29 Å². The van der Waals surface area contributed by atoms with E-state index in [9.17, 15) is 10.2 Å². The number of hydrogen-bond donors (Lipinski definition) is 2. The molecule has 168 valence electrons. The van der Waals surface area contributed by atoms with Crippen molar-refractivity contribution in [1.82, 2.24) is 14.9 Å². The minimum Gasteiger partial charge on any atom is -0.465 e. The van der Waals surface area contributed by atoms with Gasteiger partial charge in [0.1, 0.15) is 11.4 Å². The number of aliphatic hydroxyl groups is 2. The van der Waals surface area contributed by atoms with Crippen LogP contribution in [0.25, 0.3) is 11.0 Å². The summed E-state index contributed by atoms with van der Waals surface area (Å²) in [5.74, 6) is 0.832. The normalized spacial score (nSPS) is 19.1. The van der Waals surface area contributed by atoms with Gasteiger partial charge in [-0.3, -0.25) is 4.98 Å². The molecule has 2 heterocycles. The van der Waals surface area contributed by atoms with Crippen molar-refractivity contribution in [3.05, 3.63) is 65.0 Å². The zero-order valence-electron chi connectivity index (χ0n) is 18.6. The van der Waals surface area contributed by atoms with Crippen molar-refractivity contribution in [2.75, 3.05) is 19.6 Å². The average molecular weight is 434 g/mol. The Kier molecular flexibility index (Phi) is 5.84. The van der Waals surface area contributed by atoms with E-state index in [1.54, 1.807) is 6.20 Å². The summed E-state index contributed by atoms with van der Waals surface area (Å²) in [5.41, 5.74) is 5.31. The van der Waals surface area contributed by atoms with E-state index in [4.69, 9.17) is 4.74 Å². The maximum absolute atomic E-state index is 11.2. The fourth-order valence-electron chi connectivity index (χ4n) is 5.05. The van der Waals surface area contributed by atoms with Crippen molar-refractivity contribution in [3.8, 4) is 5.75 Å². The summed E-state index contributed by atoms with van der Waals surface area (Å²) in [4.78, 5) is 11.4. The predicted octanol–water partition coefficient (Wildman–Crippen LogP) is 3.50. The highest BCUT2D eigenvalue weighted by Gasteiger charge is 2.35. The van der Waals surface area contributed by atoms with Gasteiger partial charge in [-0.1, -0.05) is 18.2 Å². The van der Waals surface area contributed by atoms with Gasteiger partial charge in [0.25, 0.3) is 0 Å². The van der Waals surface area contributed by atoms with Gasteiger partial charge in [-0.15, -0.1) is 0 Å². The Balaban J connectivity index is 1.15. The number of hydrogen-bond acceptors (Lipinski definition) is 6. The summed E-state index contributed by atoms with van der Waals surface area (Å²) in [6.45, 7) is 4.37. The third-order valence-corrected chi connectivity index (χ3v) is 7.04. The first-order chi connectivity index (χ1) is 15.5. The molecule has 32 heavy (non-hydrogen) atoms. The third kappa shape index (κ3) is 4.22. The van der Waals surface area contributed by atoms with Crippen molar-refractivity contribution in [2.45, 2.75) is 57.3 Å². The number of aromatic nitrogens is 2. The molecule has 1 saturated heterocycles. The summed E-state index contributed by atoms with van der Waals surface area (Å²) in [7, 11) is 0. The van der Waals surface area contributed by atoms with Crippen LogP contribution < -0.4 is 4.74 Å². The van der Waals surface area contributed by atoms with Crippen LogP contribution in [-0.4, -0.2) is 51.0 Å². The number of piperidine rings is 1. The van der Waals surface area contributed by atoms with E-state index in [-0.39, 0.29) is 0 Å². The summed E-state index contributed by atoms with van der Waals surface area (Å²) in [5, 5.41) is 21.7. The molecule has 1 fully saturated rings. The number of aryl methyl sites for hydroxylation is 1. The van der Waals surface area contributed by atoms with Crippen LogP contribution in [0.4, 0.5) is 0 Å². The van der Waals surface area contributed by atoms with Crippen LogP contribution in [0.15, 0.2) is 42.6 Å². The third-order valence-electron chi connectivity index (χ3n) is 7.04. The van der Waals surface area contributed by atoms with Crippen molar-refractivity contribution < 1.29 is 14.9 Å². The Labute approximate surface area is 188 Å². The highest BCUT2D eigenvalue weighted by molar-refractivity contribution is 5.73. The lowest BCUT2D eigenvalue weighted by Gasteiger charge is -2.37. The first kappa shape index (κ1) is 21.3. The smallest absolute Gasteiger partial charge is 0.198 e. The van der Waals surface area contributed by atoms with Gasteiger partial charge in [-0.2, -0.15) is 0 Å². The lowest BCUT2D eigenvalue weighted by atomic mass is 9.88. The molecule has 2 aliphatic rings. The number of rotatable bonds is 6. The van der Waals surface area contributed by atoms with Gasteiger partial charge >= 0.3 is 0 Å². The SMILES string of the molecule is Cc1ccc(OC(O)CCN2CCC(O)(c3cnc4ccccc4n3)CC2)c2c1CCC2. The van der Waals surface area contributed by atoms with Gasteiger partial charge in [-0.05, 0) is 73.9 Å². The standard InChI is InChI=1S/C26H31N3O3/c1-18-9-10-23(20-6-4-5-19(18)20)32-25(30)11-14-29-15-12-26(31,13-16-29)24-17-27-21-7-2-3-8-22(21)28-24/h2-3,7-10,17,25,30-31H,4-6,11-16H2,1H3. The Morgan fingerprint density at radius 2 is 1.81 bits per heavy atom. The van der Waals surface area contributed by atoms with E-state index in [0.717, 1.165) is 55.7 Å². The molecule has 0 saturated carbocycles. The molecule has 2 aromatic carbocycles. The van der Waals surface area contributed by atoms with Crippen molar-refractivity contribution >= 4 is 11.0 Å². The first-order valence-electron chi connectivity index (χ1n) is 11.6. The molecular formula is C26H31N3O3. The van der Waals surface area contributed by atoms with Crippen LogP contribution >= 0.6 is 0 Å². The molecule has 1 aliphatic heterocycles. The number of para-hydroxylation sites is 2. The van der Waals surface area contributed by atoms with Crippen LogP contribution in [0.5, 0.6) is 5.75 Å². The monoisotopic (exact) mass is 433 g/mol. The van der Waals surface area contributed by atoms with Gasteiger partial charge in [0.05, 0.1) is 22.9 Å². The minimum atomic E-state index is -0.953. The maximum atomic E-state index is 11.2. The molecule has 0 bridgehead atoms. The zero-order valence-corrected chi connectivity index (χ0v) is 18.6. The lowest BCUT2D eigenvalue weighted by Crippen LogP contribution is -2.44. The van der Waals surface area contributed by atoms with Crippen LogP contribution in [0.3, 0.4) is 0 Å². The molecule has 1 atom stereocenters. The van der Waals surface area contributed by atoms with Crippen LogP contribution in [0.1, 0.15) is 48.1 Å². The second kappa shape index (κ2) is 8.77. The molecule has 6 nitrogen and oxygen atoms in total. The van der Waals surface area contributed by atoms with Crippen LogP contribution in [0.2, 0.25) is 0 Å². The topological polar surface area (TPSA) is 78.7 Å². The van der Waals surface area contributed by atoms with E-state index < -0.39 is 11.9 Å². The van der Waals surface area contributed by atoms with E-state index >= 15 is 0 Å². The van der Waals surface area contributed by atoms with E-state index in [1.807, 2.05) is 30.3 Å². The Morgan fingerprint density at radius 3 is 2.62 bits per heavy atom. The van der Waals surface area contributed by atoms with Gasteiger partial charge < -0.3 is 19.8 Å². The number of ether oxygens (including phenoxy) is 1. The molecule has 0 spiro atoms. The Morgan fingerprint density at radius 1 is 1.06 bits per heavy atom. The molecule has 5 rings (SSSR count). The van der Waals surface area contributed by atoms with Gasteiger partial charge in [0, 0.05) is 26.1 Å². The summed E-state index contributed by atoms with van der Waals surface area (Å²) in [6.07, 6.45) is 5.91. The summed E-state index contributed by atoms with van der Waals surface area (Å²) < 4.78 is 5.92. The maximum Gasteiger partial charge on any atom is 0.198 e. The second-order valence-corrected chi connectivity index (χ2v) is 9.17. The number of fused-ring (bicyclic) bond motifs is 2. The van der Waals surface area contributed by atoms with Crippen molar-refractivity contribution in [2.24, 2.45) is 0 Å². The van der Waals surface area contributed by atoms with E-state index in [1.165, 1.54) is 16.7 Å². The second-order valence-electron chi connectivity index (χ2n) is 9.17. The van der Waals surface area contributed by atoms with Crippen molar-refractivity contribution in [3.63, 3.8) is 0 Å². The highest BCUT2D eigenvalue weighted by Crippen LogP contribution is 2.34. The molecule has 1 unspecified atom stereocenters. The van der Waals surface area contributed by atoms with E-state index in [0.29, 0.717) is 25.0 Å². The number of likely N-dealkylation sites (tertiary alicyclic amines) is 1. The molecule has 3 aromatic rings. The molecule has 0 radical (unpaired) electrons. The van der Waals surface area contributed by atoms with Crippen LogP contribution in [-0.2, 0) is 18.4 Å².